The van der Waals surface area contributed by atoms with Gasteiger partial charge in [-0.05, 0) is 6.42 Å². The largest absolute Gasteiger partial charge is 0.370 e. The molecule has 0 unspecified atom stereocenters. The monoisotopic (exact) mass is 396 g/mol. The number of carbonyl (C=O) groups excluding carboxylic acids is 2. The van der Waals surface area contributed by atoms with Gasteiger partial charge in [0.2, 0.25) is 11.8 Å². The Morgan fingerprint density at radius 2 is 0.929 bits per heavy atom. The summed E-state index contributed by atoms with van der Waals surface area (Å²) >= 11 is 0. The van der Waals surface area contributed by atoms with E-state index in [9.17, 15) is 9.59 Å². The SMILES string of the molecule is CCCCCCCCCCCCCCCCCCCCNC(=O)CCC(N)=O. The van der Waals surface area contributed by atoms with Crippen molar-refractivity contribution < 1.29 is 9.59 Å². The topological polar surface area (TPSA) is 72.2 Å². The van der Waals surface area contributed by atoms with Gasteiger partial charge in [-0.15, -0.1) is 0 Å². The van der Waals surface area contributed by atoms with Crippen LogP contribution in [0.1, 0.15) is 135 Å². The Labute approximate surface area is 174 Å². The molecule has 0 aliphatic carbocycles. The molecule has 0 spiro atoms. The predicted molar refractivity (Wildman–Crippen MR) is 120 cm³/mol. The van der Waals surface area contributed by atoms with Crippen LogP contribution in [0, 0.1) is 0 Å². The van der Waals surface area contributed by atoms with Gasteiger partial charge >= 0.3 is 0 Å². The Balaban J connectivity index is 3.08. The standard InChI is InChI=1S/C24H48N2O2/c1-2-3-4-5-6-7-8-9-10-11-12-13-14-15-16-17-18-19-22-26-24(28)21-20-23(25)27/h2-22H2,1H3,(H2,25,27)(H,26,28). The molecule has 0 aliphatic heterocycles. The van der Waals surface area contributed by atoms with E-state index in [1.807, 2.05) is 0 Å². The van der Waals surface area contributed by atoms with Gasteiger partial charge in [-0.2, -0.15) is 0 Å². The fourth-order valence-electron chi connectivity index (χ4n) is 3.58. The van der Waals surface area contributed by atoms with E-state index < -0.39 is 5.91 Å². The van der Waals surface area contributed by atoms with Gasteiger partial charge in [0.05, 0.1) is 0 Å². The smallest absolute Gasteiger partial charge is 0.220 e. The van der Waals surface area contributed by atoms with E-state index in [2.05, 4.69) is 12.2 Å². The number of amides is 2. The van der Waals surface area contributed by atoms with E-state index in [1.165, 1.54) is 109 Å². The number of rotatable bonds is 22. The van der Waals surface area contributed by atoms with Crippen LogP contribution in [0.15, 0.2) is 0 Å². The van der Waals surface area contributed by atoms with E-state index in [1.54, 1.807) is 0 Å². The van der Waals surface area contributed by atoms with Crippen LogP contribution in [0.2, 0.25) is 0 Å². The summed E-state index contributed by atoms with van der Waals surface area (Å²) in [6, 6.07) is 0. The van der Waals surface area contributed by atoms with Crippen LogP contribution in [-0.4, -0.2) is 18.4 Å². The van der Waals surface area contributed by atoms with E-state index in [0.717, 1.165) is 13.0 Å². The van der Waals surface area contributed by atoms with Gasteiger partial charge in [0.1, 0.15) is 0 Å². The van der Waals surface area contributed by atoms with Gasteiger partial charge in [0.25, 0.3) is 0 Å². The number of primary amides is 1. The van der Waals surface area contributed by atoms with Crippen LogP contribution in [0.3, 0.4) is 0 Å². The molecule has 0 aromatic heterocycles. The Morgan fingerprint density at radius 3 is 1.29 bits per heavy atom. The fraction of sp³-hybridized carbons (Fsp3) is 0.917. The molecule has 3 N–H and O–H groups in total. The zero-order valence-corrected chi connectivity index (χ0v) is 18.7. The average Bonchev–Trinajstić information content (AvgIpc) is 2.68. The second-order valence-corrected chi connectivity index (χ2v) is 8.33. The Bertz CT molecular complexity index is 359. The quantitative estimate of drug-likeness (QED) is 0.207. The summed E-state index contributed by atoms with van der Waals surface area (Å²) in [7, 11) is 0. The molecule has 0 saturated heterocycles. The second kappa shape index (κ2) is 22.2. The molecule has 0 aromatic rings. The lowest BCUT2D eigenvalue weighted by Gasteiger charge is -2.05. The molecular formula is C24H48N2O2. The van der Waals surface area contributed by atoms with Crippen LogP contribution < -0.4 is 11.1 Å². The van der Waals surface area contributed by atoms with Crippen LogP contribution >= 0.6 is 0 Å². The first-order valence-electron chi connectivity index (χ1n) is 12.2. The molecule has 4 heteroatoms. The summed E-state index contributed by atoms with van der Waals surface area (Å²) in [6.07, 6.45) is 24.9. The number of unbranched alkanes of at least 4 members (excludes halogenated alkanes) is 17. The van der Waals surface area contributed by atoms with Gasteiger partial charge in [0.15, 0.2) is 0 Å². The first-order chi connectivity index (χ1) is 13.7. The summed E-state index contributed by atoms with van der Waals surface area (Å²) in [5.74, 6) is -0.478. The third-order valence-corrected chi connectivity index (χ3v) is 5.45. The van der Waals surface area contributed by atoms with Gasteiger partial charge in [0, 0.05) is 19.4 Å². The number of hydrogen-bond acceptors (Lipinski definition) is 2. The molecule has 2 amide bonds. The highest BCUT2D eigenvalue weighted by Crippen LogP contribution is 2.14. The predicted octanol–water partition coefficient (Wildman–Crippen LogP) is 6.41. The van der Waals surface area contributed by atoms with Crippen LogP contribution in [0.25, 0.3) is 0 Å². The fourth-order valence-corrected chi connectivity index (χ4v) is 3.58. The minimum atomic E-state index is -0.414. The second-order valence-electron chi connectivity index (χ2n) is 8.33. The first kappa shape index (κ1) is 26.9. The molecule has 4 nitrogen and oxygen atoms in total. The van der Waals surface area contributed by atoms with Crippen molar-refractivity contribution in [1.82, 2.24) is 5.32 Å². The highest BCUT2D eigenvalue weighted by molar-refractivity contribution is 5.82. The molecule has 0 rings (SSSR count). The molecule has 166 valence electrons. The van der Waals surface area contributed by atoms with E-state index in [0.29, 0.717) is 0 Å². The first-order valence-corrected chi connectivity index (χ1v) is 12.2. The molecular weight excluding hydrogens is 348 g/mol. The van der Waals surface area contributed by atoms with Crippen molar-refractivity contribution in [3.8, 4) is 0 Å². The minimum absolute atomic E-state index is 0.0641. The maximum atomic E-state index is 11.4. The number of hydrogen-bond donors (Lipinski definition) is 2. The van der Waals surface area contributed by atoms with Crippen molar-refractivity contribution in [1.29, 1.82) is 0 Å². The third-order valence-electron chi connectivity index (χ3n) is 5.45. The normalized spacial score (nSPS) is 10.9. The Kier molecular flexibility index (Phi) is 21.4. The molecule has 0 aromatic carbocycles. The average molecular weight is 397 g/mol. The highest BCUT2D eigenvalue weighted by Gasteiger charge is 2.02. The molecule has 0 bridgehead atoms. The van der Waals surface area contributed by atoms with Crippen molar-refractivity contribution in [3.05, 3.63) is 0 Å². The van der Waals surface area contributed by atoms with Crippen LogP contribution in [0.5, 0.6) is 0 Å². The lowest BCUT2D eigenvalue weighted by atomic mass is 10.0. The molecule has 0 aliphatic rings. The van der Waals surface area contributed by atoms with Gasteiger partial charge in [-0.3, -0.25) is 9.59 Å². The zero-order valence-electron chi connectivity index (χ0n) is 18.7. The van der Waals surface area contributed by atoms with Crippen molar-refractivity contribution >= 4 is 11.8 Å². The van der Waals surface area contributed by atoms with Gasteiger partial charge in [-0.1, -0.05) is 116 Å². The summed E-state index contributed by atoms with van der Waals surface area (Å²) < 4.78 is 0. The van der Waals surface area contributed by atoms with Crippen molar-refractivity contribution in [2.24, 2.45) is 5.73 Å². The van der Waals surface area contributed by atoms with Crippen LogP contribution in [-0.2, 0) is 9.59 Å². The lowest BCUT2D eigenvalue weighted by Crippen LogP contribution is -2.25. The minimum Gasteiger partial charge on any atom is -0.370 e. The molecule has 28 heavy (non-hydrogen) atoms. The number of carbonyl (C=O) groups is 2. The van der Waals surface area contributed by atoms with E-state index in [-0.39, 0.29) is 18.7 Å². The van der Waals surface area contributed by atoms with E-state index in [4.69, 9.17) is 5.73 Å². The van der Waals surface area contributed by atoms with Gasteiger partial charge in [-0.25, -0.2) is 0 Å². The van der Waals surface area contributed by atoms with Gasteiger partial charge < -0.3 is 11.1 Å². The molecule has 0 saturated carbocycles. The number of nitrogens with one attached hydrogen (secondary N) is 1. The van der Waals surface area contributed by atoms with Crippen molar-refractivity contribution in [2.75, 3.05) is 6.54 Å². The van der Waals surface area contributed by atoms with E-state index >= 15 is 0 Å². The lowest BCUT2D eigenvalue weighted by molar-refractivity contribution is -0.125. The number of nitrogens with two attached hydrogens (primary N) is 1. The Morgan fingerprint density at radius 1 is 0.571 bits per heavy atom. The molecule has 0 fully saturated rings. The van der Waals surface area contributed by atoms with Crippen LogP contribution in [0.4, 0.5) is 0 Å². The molecule has 0 radical (unpaired) electrons. The molecule has 0 heterocycles. The summed E-state index contributed by atoms with van der Waals surface area (Å²) in [4.78, 5) is 22.0. The maximum Gasteiger partial charge on any atom is 0.220 e. The Hall–Kier alpha value is -1.06. The van der Waals surface area contributed by atoms with Crippen molar-refractivity contribution in [2.45, 2.75) is 135 Å². The van der Waals surface area contributed by atoms with Crippen molar-refractivity contribution in [3.63, 3.8) is 0 Å². The summed E-state index contributed by atoms with van der Waals surface area (Å²) in [5.41, 5.74) is 5.02. The third kappa shape index (κ3) is 23.0. The molecule has 0 atom stereocenters. The summed E-state index contributed by atoms with van der Waals surface area (Å²) in [6.45, 7) is 3.00. The maximum absolute atomic E-state index is 11.4. The summed E-state index contributed by atoms with van der Waals surface area (Å²) in [5, 5.41) is 2.85. The highest BCUT2D eigenvalue weighted by atomic mass is 16.2. The zero-order chi connectivity index (χ0) is 20.7.